The normalized spacial score (nSPS) is 17.6. The molecule has 4 N–H and O–H groups in total. The minimum Gasteiger partial charge on any atom is -0.481 e. The maximum Gasteiger partial charge on any atom is 0.305 e. The first kappa shape index (κ1) is 16.0. The van der Waals surface area contributed by atoms with E-state index in [1.165, 1.54) is 0 Å². The summed E-state index contributed by atoms with van der Waals surface area (Å²) in [6, 6.07) is 0. The zero-order chi connectivity index (χ0) is 14.5. The molecule has 0 aromatic rings. The zero-order valence-corrected chi connectivity index (χ0v) is 12.0. The van der Waals surface area contributed by atoms with Crippen molar-refractivity contribution in [3.63, 3.8) is 0 Å². The van der Waals surface area contributed by atoms with Crippen LogP contribution in [0.3, 0.4) is 0 Å². The van der Waals surface area contributed by atoms with Crippen molar-refractivity contribution in [3.8, 4) is 0 Å². The summed E-state index contributed by atoms with van der Waals surface area (Å²) < 4.78 is 0. The topological polar surface area (TPSA) is 92.4 Å². The summed E-state index contributed by atoms with van der Waals surface area (Å²) in [6.45, 7) is 4.82. The fraction of sp³-hybridized carbons (Fsp3) is 0.857. The van der Waals surface area contributed by atoms with Crippen LogP contribution in [0.2, 0.25) is 0 Å². The number of amides is 1. The van der Waals surface area contributed by atoms with Gasteiger partial charge in [-0.05, 0) is 44.1 Å². The molecule has 0 aromatic carbocycles. The van der Waals surface area contributed by atoms with Gasteiger partial charge in [-0.15, -0.1) is 0 Å². The monoisotopic (exact) mass is 270 g/mol. The first-order valence-corrected chi connectivity index (χ1v) is 7.01. The summed E-state index contributed by atoms with van der Waals surface area (Å²) in [5.74, 6) is -0.880. The van der Waals surface area contributed by atoms with Crippen LogP contribution >= 0.6 is 0 Å². The lowest BCUT2D eigenvalue weighted by Gasteiger charge is -2.41. The lowest BCUT2D eigenvalue weighted by Crippen LogP contribution is -2.54. The SMILES string of the molecule is CC(C)(CCN)CCC(=O)NC1(CC(=O)O)CCC1. The minimum absolute atomic E-state index is 0.0327. The smallest absolute Gasteiger partial charge is 0.305 e. The van der Waals surface area contributed by atoms with Crippen molar-refractivity contribution >= 4 is 11.9 Å². The van der Waals surface area contributed by atoms with Crippen molar-refractivity contribution in [1.82, 2.24) is 5.32 Å². The molecule has 0 heterocycles. The Labute approximate surface area is 114 Å². The number of carboxylic acids is 1. The highest BCUT2D eigenvalue weighted by Crippen LogP contribution is 2.35. The summed E-state index contributed by atoms with van der Waals surface area (Å²) >= 11 is 0. The van der Waals surface area contributed by atoms with Gasteiger partial charge in [0.25, 0.3) is 0 Å². The van der Waals surface area contributed by atoms with Gasteiger partial charge in [-0.3, -0.25) is 9.59 Å². The molecule has 0 bridgehead atoms. The third kappa shape index (κ3) is 5.19. The van der Waals surface area contributed by atoms with Crippen molar-refractivity contribution in [2.45, 2.75) is 64.3 Å². The van der Waals surface area contributed by atoms with Gasteiger partial charge in [0.15, 0.2) is 0 Å². The van der Waals surface area contributed by atoms with E-state index in [-0.39, 0.29) is 17.7 Å². The lowest BCUT2D eigenvalue weighted by molar-refractivity contribution is -0.140. The molecule has 0 atom stereocenters. The predicted octanol–water partition coefficient (Wildman–Crippen LogP) is 1.66. The van der Waals surface area contributed by atoms with Crippen LogP contribution in [0.5, 0.6) is 0 Å². The number of hydrogen-bond acceptors (Lipinski definition) is 3. The molecular weight excluding hydrogens is 244 g/mol. The number of nitrogens with one attached hydrogen (secondary N) is 1. The molecule has 1 rings (SSSR count). The van der Waals surface area contributed by atoms with Crippen LogP contribution in [0.25, 0.3) is 0 Å². The van der Waals surface area contributed by atoms with Crippen LogP contribution in [0, 0.1) is 5.41 Å². The fourth-order valence-electron chi connectivity index (χ4n) is 2.56. The molecule has 5 nitrogen and oxygen atoms in total. The van der Waals surface area contributed by atoms with Gasteiger partial charge in [-0.25, -0.2) is 0 Å². The molecule has 0 saturated heterocycles. The van der Waals surface area contributed by atoms with Crippen LogP contribution in [0.15, 0.2) is 0 Å². The van der Waals surface area contributed by atoms with Crippen molar-refractivity contribution in [1.29, 1.82) is 0 Å². The molecule has 1 saturated carbocycles. The summed E-state index contributed by atoms with van der Waals surface area (Å²) in [5.41, 5.74) is 5.12. The van der Waals surface area contributed by atoms with Crippen LogP contribution in [0.4, 0.5) is 0 Å². The van der Waals surface area contributed by atoms with E-state index in [0.717, 1.165) is 32.1 Å². The highest BCUT2D eigenvalue weighted by atomic mass is 16.4. The Morgan fingerprint density at radius 1 is 1.32 bits per heavy atom. The van der Waals surface area contributed by atoms with Gasteiger partial charge < -0.3 is 16.2 Å². The molecular formula is C14H26N2O3. The van der Waals surface area contributed by atoms with Gasteiger partial charge in [0.2, 0.25) is 5.91 Å². The highest BCUT2D eigenvalue weighted by Gasteiger charge is 2.40. The van der Waals surface area contributed by atoms with Gasteiger partial charge in [-0.1, -0.05) is 13.8 Å². The fourth-order valence-corrected chi connectivity index (χ4v) is 2.56. The molecule has 1 fully saturated rings. The minimum atomic E-state index is -0.844. The second-order valence-corrected chi connectivity index (χ2v) is 6.46. The molecule has 0 radical (unpaired) electrons. The van der Waals surface area contributed by atoms with E-state index in [4.69, 9.17) is 10.8 Å². The van der Waals surface area contributed by atoms with Gasteiger partial charge in [-0.2, -0.15) is 0 Å². The number of carbonyl (C=O) groups is 2. The standard InChI is InChI=1S/C14H26N2O3/c1-13(2,8-9-15)7-4-11(17)16-14(5-3-6-14)10-12(18)19/h3-10,15H2,1-2H3,(H,16,17)(H,18,19). The quantitative estimate of drug-likeness (QED) is 0.625. The van der Waals surface area contributed by atoms with Gasteiger partial charge in [0, 0.05) is 6.42 Å². The molecule has 1 aliphatic carbocycles. The Morgan fingerprint density at radius 3 is 2.37 bits per heavy atom. The van der Waals surface area contributed by atoms with E-state index in [9.17, 15) is 9.59 Å². The summed E-state index contributed by atoms with van der Waals surface area (Å²) in [6.07, 6.45) is 4.68. The first-order chi connectivity index (χ1) is 8.79. The predicted molar refractivity (Wildman–Crippen MR) is 73.7 cm³/mol. The van der Waals surface area contributed by atoms with Crippen LogP contribution in [-0.4, -0.2) is 29.1 Å². The van der Waals surface area contributed by atoms with Gasteiger partial charge >= 0.3 is 5.97 Å². The second kappa shape index (κ2) is 6.37. The Morgan fingerprint density at radius 2 is 1.95 bits per heavy atom. The number of carbonyl (C=O) groups excluding carboxylic acids is 1. The number of rotatable bonds is 8. The largest absolute Gasteiger partial charge is 0.481 e. The molecule has 110 valence electrons. The van der Waals surface area contributed by atoms with E-state index < -0.39 is 11.5 Å². The zero-order valence-electron chi connectivity index (χ0n) is 12.0. The summed E-state index contributed by atoms with van der Waals surface area (Å²) in [7, 11) is 0. The maximum absolute atomic E-state index is 11.9. The van der Waals surface area contributed by atoms with Gasteiger partial charge in [0.05, 0.1) is 12.0 Å². The Balaban J connectivity index is 2.40. The first-order valence-electron chi connectivity index (χ1n) is 7.01. The molecule has 1 aliphatic rings. The molecule has 0 unspecified atom stereocenters. The third-order valence-electron chi connectivity index (χ3n) is 4.05. The third-order valence-corrected chi connectivity index (χ3v) is 4.05. The van der Waals surface area contributed by atoms with E-state index >= 15 is 0 Å². The Bertz CT molecular complexity index is 336. The maximum atomic E-state index is 11.9. The summed E-state index contributed by atoms with van der Waals surface area (Å²) in [4.78, 5) is 22.8. The Kier molecular flexibility index (Phi) is 5.35. The van der Waals surface area contributed by atoms with Gasteiger partial charge in [0.1, 0.15) is 0 Å². The number of carboxylic acid groups (broad SMARTS) is 1. The van der Waals surface area contributed by atoms with Crippen molar-refractivity contribution in [3.05, 3.63) is 0 Å². The highest BCUT2D eigenvalue weighted by molar-refractivity contribution is 5.78. The van der Waals surface area contributed by atoms with Crippen LogP contribution < -0.4 is 11.1 Å². The number of nitrogens with two attached hydrogens (primary N) is 1. The molecule has 1 amide bonds. The van der Waals surface area contributed by atoms with Crippen LogP contribution in [-0.2, 0) is 9.59 Å². The number of hydrogen-bond donors (Lipinski definition) is 3. The molecule has 0 aromatic heterocycles. The van der Waals surface area contributed by atoms with E-state index in [0.29, 0.717) is 13.0 Å². The molecule has 0 spiro atoms. The average molecular weight is 270 g/mol. The van der Waals surface area contributed by atoms with Crippen molar-refractivity contribution in [2.75, 3.05) is 6.54 Å². The summed E-state index contributed by atoms with van der Waals surface area (Å²) in [5, 5.41) is 11.8. The van der Waals surface area contributed by atoms with E-state index in [1.54, 1.807) is 0 Å². The molecule has 5 heteroatoms. The Hall–Kier alpha value is -1.10. The molecule has 0 aliphatic heterocycles. The van der Waals surface area contributed by atoms with Crippen molar-refractivity contribution in [2.24, 2.45) is 11.1 Å². The average Bonchev–Trinajstić information content (AvgIpc) is 2.23. The lowest BCUT2D eigenvalue weighted by atomic mass is 9.74. The number of aliphatic carboxylic acids is 1. The second-order valence-electron chi connectivity index (χ2n) is 6.46. The van der Waals surface area contributed by atoms with Crippen LogP contribution in [0.1, 0.15) is 58.8 Å². The van der Waals surface area contributed by atoms with Crippen molar-refractivity contribution < 1.29 is 14.7 Å². The molecule has 19 heavy (non-hydrogen) atoms. The van der Waals surface area contributed by atoms with E-state index in [2.05, 4.69) is 19.2 Å². The van der Waals surface area contributed by atoms with E-state index in [1.807, 2.05) is 0 Å².